The molecule has 0 bridgehead atoms. The molecule has 1 aliphatic rings. The Hall–Kier alpha value is -3.40. The Balaban J connectivity index is 2.18. The molecule has 154 valence electrons. The topological polar surface area (TPSA) is 138 Å². The number of rotatable bonds is 8. The van der Waals surface area contributed by atoms with Gasteiger partial charge in [0.1, 0.15) is 11.7 Å². The van der Waals surface area contributed by atoms with E-state index in [1.165, 1.54) is 14.0 Å². The van der Waals surface area contributed by atoms with Gasteiger partial charge in [0, 0.05) is 14.0 Å². The first-order chi connectivity index (χ1) is 13.6. The Kier molecular flexibility index (Phi) is 6.60. The van der Waals surface area contributed by atoms with Crippen molar-refractivity contribution in [1.29, 1.82) is 0 Å². The molecule has 0 radical (unpaired) electrons. The van der Waals surface area contributed by atoms with E-state index in [2.05, 4.69) is 0 Å². The Bertz CT molecular complexity index is 869. The van der Waals surface area contributed by atoms with Crippen LogP contribution in [0.1, 0.15) is 19.4 Å². The normalized spacial score (nSPS) is 16.1. The van der Waals surface area contributed by atoms with Crippen LogP contribution >= 0.6 is 0 Å². The van der Waals surface area contributed by atoms with E-state index >= 15 is 0 Å². The van der Waals surface area contributed by atoms with Crippen molar-refractivity contribution in [2.75, 3.05) is 13.6 Å². The quantitative estimate of drug-likeness (QED) is 0.268. The van der Waals surface area contributed by atoms with Crippen LogP contribution in [-0.2, 0) is 30.5 Å². The van der Waals surface area contributed by atoms with Gasteiger partial charge in [-0.05, 0) is 12.5 Å². The number of nitrogens with two attached hydrogens (primary N) is 1. The fourth-order valence-corrected chi connectivity index (χ4v) is 2.94. The van der Waals surface area contributed by atoms with Crippen LogP contribution in [0.5, 0.6) is 0 Å². The number of ketones is 2. The molecule has 0 aliphatic carbocycles. The third kappa shape index (κ3) is 4.54. The van der Waals surface area contributed by atoms with Crippen molar-refractivity contribution in [1.82, 2.24) is 14.7 Å². The fraction of sp³-hybridized carbons (Fsp3) is 0.368. The van der Waals surface area contributed by atoms with Crippen LogP contribution in [-0.4, -0.2) is 69.8 Å². The summed E-state index contributed by atoms with van der Waals surface area (Å²) in [4.78, 5) is 75.3. The molecule has 2 atom stereocenters. The molecule has 0 saturated carbocycles. The summed E-state index contributed by atoms with van der Waals surface area (Å²) in [6.07, 6.45) is -1.26. The highest BCUT2D eigenvalue weighted by Crippen LogP contribution is 2.18. The summed E-state index contributed by atoms with van der Waals surface area (Å²) in [6.45, 7) is 1.42. The number of carbonyl (C=O) groups is 6. The first kappa shape index (κ1) is 21.9. The molecule has 1 fully saturated rings. The second-order valence-corrected chi connectivity index (χ2v) is 6.73. The molecule has 1 aliphatic heterocycles. The van der Waals surface area contributed by atoms with Crippen LogP contribution in [0.15, 0.2) is 30.3 Å². The summed E-state index contributed by atoms with van der Waals surface area (Å²) in [5, 5.41) is 0. The zero-order valence-corrected chi connectivity index (χ0v) is 16.3. The number of hydrogen-bond acceptors (Lipinski definition) is 7. The van der Waals surface area contributed by atoms with Gasteiger partial charge in [0.2, 0.25) is 5.91 Å². The number of urea groups is 1. The van der Waals surface area contributed by atoms with Crippen LogP contribution in [0.4, 0.5) is 4.79 Å². The molecule has 10 heteroatoms. The lowest BCUT2D eigenvalue weighted by molar-refractivity contribution is -0.145. The summed E-state index contributed by atoms with van der Waals surface area (Å²) in [5.41, 5.74) is 6.49. The SMILES string of the molecule is CC(=O)C(C(=O)CN1C(=O)C(=O)N(Cc2ccccc2)C1=O)C(N)N(C)C(C)=O. The third-order valence-electron chi connectivity index (χ3n) is 4.70. The number of carbonyl (C=O) groups excluding carboxylic acids is 6. The van der Waals surface area contributed by atoms with Gasteiger partial charge < -0.3 is 10.6 Å². The number of benzene rings is 1. The number of Topliss-reactive ketones (excluding diaryl/α,β-unsaturated/α-hetero) is 2. The Labute approximate surface area is 167 Å². The number of amides is 5. The minimum absolute atomic E-state index is 0.127. The van der Waals surface area contributed by atoms with E-state index in [0.717, 1.165) is 16.7 Å². The van der Waals surface area contributed by atoms with Crippen LogP contribution in [0.2, 0.25) is 0 Å². The van der Waals surface area contributed by atoms with Crippen molar-refractivity contribution in [2.45, 2.75) is 26.6 Å². The largest absolute Gasteiger partial charge is 0.334 e. The average Bonchev–Trinajstić information content (AvgIpc) is 2.86. The molecule has 2 N–H and O–H groups in total. The van der Waals surface area contributed by atoms with E-state index in [4.69, 9.17) is 5.73 Å². The Morgan fingerprint density at radius 1 is 1.00 bits per heavy atom. The molecule has 5 amide bonds. The lowest BCUT2D eigenvalue weighted by Crippen LogP contribution is -2.54. The predicted molar refractivity (Wildman–Crippen MR) is 99.7 cm³/mol. The lowest BCUT2D eigenvalue weighted by atomic mass is 9.95. The molecular formula is C19H22N4O6. The number of nitrogens with zero attached hydrogens (tertiary/aromatic N) is 3. The van der Waals surface area contributed by atoms with E-state index in [9.17, 15) is 28.8 Å². The fourth-order valence-electron chi connectivity index (χ4n) is 2.94. The molecule has 1 heterocycles. The Morgan fingerprint density at radius 3 is 2.07 bits per heavy atom. The number of hydrogen-bond donors (Lipinski definition) is 1. The van der Waals surface area contributed by atoms with Gasteiger partial charge in [-0.1, -0.05) is 30.3 Å². The second-order valence-electron chi connectivity index (χ2n) is 6.73. The first-order valence-corrected chi connectivity index (χ1v) is 8.79. The molecule has 1 aromatic carbocycles. The molecular weight excluding hydrogens is 380 g/mol. The average molecular weight is 402 g/mol. The van der Waals surface area contributed by atoms with Crippen molar-refractivity contribution in [3.63, 3.8) is 0 Å². The summed E-state index contributed by atoms with van der Waals surface area (Å²) in [5.74, 6) is -5.58. The second kappa shape index (κ2) is 8.74. The third-order valence-corrected chi connectivity index (χ3v) is 4.70. The molecule has 2 unspecified atom stereocenters. The summed E-state index contributed by atoms with van der Waals surface area (Å²) >= 11 is 0. The summed E-state index contributed by atoms with van der Waals surface area (Å²) in [7, 11) is 1.33. The lowest BCUT2D eigenvalue weighted by Gasteiger charge is -2.29. The zero-order chi connectivity index (χ0) is 21.9. The van der Waals surface area contributed by atoms with Gasteiger partial charge in [-0.2, -0.15) is 0 Å². The molecule has 1 saturated heterocycles. The summed E-state index contributed by atoms with van der Waals surface area (Å²) < 4.78 is 0. The van der Waals surface area contributed by atoms with Gasteiger partial charge in [-0.15, -0.1) is 0 Å². The number of imide groups is 2. The van der Waals surface area contributed by atoms with Crippen LogP contribution in [0.3, 0.4) is 0 Å². The van der Waals surface area contributed by atoms with E-state index in [-0.39, 0.29) is 6.54 Å². The van der Waals surface area contributed by atoms with Crippen molar-refractivity contribution < 1.29 is 28.8 Å². The van der Waals surface area contributed by atoms with E-state index < -0.39 is 53.9 Å². The highest BCUT2D eigenvalue weighted by atomic mass is 16.2. The minimum atomic E-state index is -1.44. The molecule has 10 nitrogen and oxygen atoms in total. The molecule has 29 heavy (non-hydrogen) atoms. The van der Waals surface area contributed by atoms with Crippen molar-refractivity contribution in [3.05, 3.63) is 35.9 Å². The minimum Gasteiger partial charge on any atom is -0.329 e. The monoisotopic (exact) mass is 402 g/mol. The Morgan fingerprint density at radius 2 is 1.55 bits per heavy atom. The van der Waals surface area contributed by atoms with E-state index in [1.807, 2.05) is 0 Å². The van der Waals surface area contributed by atoms with Gasteiger partial charge >= 0.3 is 17.8 Å². The smallest absolute Gasteiger partial charge is 0.329 e. The van der Waals surface area contributed by atoms with Gasteiger partial charge in [-0.3, -0.25) is 28.9 Å². The predicted octanol–water partition coefficient (Wildman–Crippen LogP) is -0.485. The maximum atomic E-state index is 12.7. The van der Waals surface area contributed by atoms with Gasteiger partial charge in [0.25, 0.3) is 0 Å². The van der Waals surface area contributed by atoms with Crippen molar-refractivity contribution in [3.8, 4) is 0 Å². The molecule has 2 rings (SSSR count). The zero-order valence-electron chi connectivity index (χ0n) is 16.3. The van der Waals surface area contributed by atoms with Crippen LogP contribution in [0.25, 0.3) is 0 Å². The van der Waals surface area contributed by atoms with Gasteiger partial charge in [-0.25, -0.2) is 9.69 Å². The van der Waals surface area contributed by atoms with E-state index in [1.54, 1.807) is 30.3 Å². The maximum Gasteiger partial charge on any atom is 0.334 e. The van der Waals surface area contributed by atoms with Crippen LogP contribution < -0.4 is 5.73 Å². The standard InChI is InChI=1S/C19H22N4O6/c1-11(24)15(16(20)21(3)12(2)25)14(26)10-23-18(28)17(27)22(19(23)29)9-13-7-5-4-6-8-13/h4-8,15-16H,9-10,20H2,1-3H3. The van der Waals surface area contributed by atoms with E-state index in [0.29, 0.717) is 10.5 Å². The first-order valence-electron chi connectivity index (χ1n) is 8.79. The highest BCUT2D eigenvalue weighted by molar-refractivity contribution is 6.45. The van der Waals surface area contributed by atoms with Crippen LogP contribution in [0, 0.1) is 5.92 Å². The maximum absolute atomic E-state index is 12.7. The molecule has 1 aromatic rings. The van der Waals surface area contributed by atoms with Crippen molar-refractivity contribution >= 4 is 35.3 Å². The summed E-state index contributed by atoms with van der Waals surface area (Å²) in [6, 6.07) is 7.61. The molecule has 0 aromatic heterocycles. The van der Waals surface area contributed by atoms with Crippen molar-refractivity contribution in [2.24, 2.45) is 11.7 Å². The van der Waals surface area contributed by atoms with Gasteiger partial charge in [0.15, 0.2) is 5.78 Å². The highest BCUT2D eigenvalue weighted by Gasteiger charge is 2.46. The molecule has 0 spiro atoms. The van der Waals surface area contributed by atoms with Gasteiger partial charge in [0.05, 0.1) is 19.3 Å².